The number of aromatic nitrogens is 1. The summed E-state index contributed by atoms with van der Waals surface area (Å²) in [5, 5.41) is 0. The van der Waals surface area contributed by atoms with Gasteiger partial charge in [-0.15, -0.1) is 0 Å². The van der Waals surface area contributed by atoms with Crippen LogP contribution in [0.5, 0.6) is 0 Å². The Morgan fingerprint density at radius 2 is 2.00 bits per heavy atom. The molecule has 0 N–H and O–H groups in total. The summed E-state index contributed by atoms with van der Waals surface area (Å²) in [5.74, 6) is -0.178. The molecule has 1 aromatic rings. The molecular weight excluding hydrogens is 275 g/mol. The summed E-state index contributed by atoms with van der Waals surface area (Å²) in [6.07, 6.45) is -4.41. The van der Waals surface area contributed by atoms with Gasteiger partial charge in [0.25, 0.3) is 0 Å². The van der Waals surface area contributed by atoms with Gasteiger partial charge >= 0.3 is 6.18 Å². The second-order valence-corrected chi connectivity index (χ2v) is 4.12. The molecule has 0 spiro atoms. The lowest BCUT2D eigenvalue weighted by Gasteiger charge is -2.28. The molecule has 0 atom stereocenters. The predicted octanol–water partition coefficient (Wildman–Crippen LogP) is 2.98. The normalized spacial score (nSPS) is 17.6. The first kappa shape index (κ1) is 10.9. The van der Waals surface area contributed by atoms with Gasteiger partial charge in [-0.25, -0.2) is 4.98 Å². The van der Waals surface area contributed by atoms with Crippen molar-refractivity contribution >= 4 is 15.9 Å². The smallest absolute Gasteiger partial charge is 0.380 e. The van der Waals surface area contributed by atoms with Gasteiger partial charge in [0.15, 0.2) is 0 Å². The van der Waals surface area contributed by atoms with E-state index in [-0.39, 0.29) is 16.1 Å². The maximum Gasteiger partial charge on any atom is 0.433 e. The third-order valence-corrected chi connectivity index (χ3v) is 2.68. The fourth-order valence-corrected chi connectivity index (χ4v) is 1.73. The lowest BCUT2D eigenvalue weighted by Crippen LogP contribution is -2.28. The van der Waals surface area contributed by atoms with Crippen molar-refractivity contribution in [3.05, 3.63) is 28.0 Å². The van der Waals surface area contributed by atoms with Gasteiger partial charge in [0.2, 0.25) is 0 Å². The molecule has 1 fully saturated rings. The van der Waals surface area contributed by atoms with Crippen molar-refractivity contribution < 1.29 is 17.9 Å². The number of nitrogens with zero attached hydrogens (tertiary/aromatic N) is 1. The number of alkyl halides is 3. The standard InChI is InChI=1S/C9H7BrF3NO/c10-7-2-1-6(5-3-15-4-5)8(14-7)9(11,12)13/h1-2,5H,3-4H2. The molecule has 2 heterocycles. The summed E-state index contributed by atoms with van der Waals surface area (Å²) in [6, 6.07) is 2.97. The van der Waals surface area contributed by atoms with E-state index in [1.165, 1.54) is 12.1 Å². The first-order valence-corrected chi connectivity index (χ1v) is 5.09. The van der Waals surface area contributed by atoms with Crippen LogP contribution in [0.15, 0.2) is 16.7 Å². The lowest BCUT2D eigenvalue weighted by molar-refractivity contribution is -0.143. The summed E-state index contributed by atoms with van der Waals surface area (Å²) < 4.78 is 42.9. The molecule has 0 radical (unpaired) electrons. The van der Waals surface area contributed by atoms with Gasteiger partial charge in [0.05, 0.1) is 13.2 Å². The summed E-state index contributed by atoms with van der Waals surface area (Å²) in [4.78, 5) is 3.48. The van der Waals surface area contributed by atoms with Gasteiger partial charge in [-0.05, 0) is 27.6 Å². The minimum Gasteiger partial charge on any atom is -0.380 e. The van der Waals surface area contributed by atoms with Crippen molar-refractivity contribution in [3.8, 4) is 0 Å². The quantitative estimate of drug-likeness (QED) is 0.739. The summed E-state index contributed by atoms with van der Waals surface area (Å²) in [7, 11) is 0. The van der Waals surface area contributed by atoms with E-state index >= 15 is 0 Å². The van der Waals surface area contributed by atoms with Crippen LogP contribution in [0, 0.1) is 0 Å². The van der Waals surface area contributed by atoms with Gasteiger partial charge in [-0.3, -0.25) is 0 Å². The molecule has 15 heavy (non-hydrogen) atoms. The van der Waals surface area contributed by atoms with Crippen LogP contribution in [0.4, 0.5) is 13.2 Å². The fourth-order valence-electron chi connectivity index (χ4n) is 1.42. The summed E-state index contributed by atoms with van der Waals surface area (Å²) in [6.45, 7) is 0.679. The van der Waals surface area contributed by atoms with E-state index in [1.807, 2.05) is 0 Å². The molecule has 1 aliphatic heterocycles. The first-order valence-electron chi connectivity index (χ1n) is 4.30. The Hall–Kier alpha value is -0.620. The molecule has 2 nitrogen and oxygen atoms in total. The second-order valence-electron chi connectivity index (χ2n) is 3.30. The van der Waals surface area contributed by atoms with Crippen LogP contribution in [-0.4, -0.2) is 18.2 Å². The Morgan fingerprint density at radius 3 is 2.47 bits per heavy atom. The van der Waals surface area contributed by atoms with E-state index < -0.39 is 11.9 Å². The van der Waals surface area contributed by atoms with Crippen molar-refractivity contribution in [1.82, 2.24) is 4.98 Å². The van der Waals surface area contributed by atoms with Crippen LogP contribution in [0.2, 0.25) is 0 Å². The predicted molar refractivity (Wildman–Crippen MR) is 50.5 cm³/mol. The number of hydrogen-bond acceptors (Lipinski definition) is 2. The molecule has 0 saturated carbocycles. The average molecular weight is 282 g/mol. The van der Waals surface area contributed by atoms with Crippen LogP contribution in [0.25, 0.3) is 0 Å². The van der Waals surface area contributed by atoms with Crippen molar-refractivity contribution in [2.24, 2.45) is 0 Å². The second kappa shape index (κ2) is 3.75. The van der Waals surface area contributed by atoms with E-state index in [9.17, 15) is 13.2 Å². The van der Waals surface area contributed by atoms with Gasteiger partial charge in [-0.2, -0.15) is 13.2 Å². The molecule has 1 saturated heterocycles. The van der Waals surface area contributed by atoms with Gasteiger partial charge in [0, 0.05) is 5.92 Å². The molecule has 1 aliphatic rings. The van der Waals surface area contributed by atoms with E-state index in [4.69, 9.17) is 4.74 Å². The van der Waals surface area contributed by atoms with E-state index in [1.54, 1.807) is 0 Å². The number of rotatable bonds is 1. The highest BCUT2D eigenvalue weighted by Gasteiger charge is 2.38. The zero-order valence-corrected chi connectivity index (χ0v) is 9.10. The largest absolute Gasteiger partial charge is 0.433 e. The van der Waals surface area contributed by atoms with Crippen molar-refractivity contribution in [1.29, 1.82) is 0 Å². The molecule has 0 aromatic carbocycles. The van der Waals surface area contributed by atoms with Crippen LogP contribution in [0.1, 0.15) is 17.2 Å². The highest BCUT2D eigenvalue weighted by Crippen LogP contribution is 2.36. The SMILES string of the molecule is FC(F)(F)c1nc(Br)ccc1C1COC1. The molecule has 0 bridgehead atoms. The molecule has 0 unspecified atom stereocenters. The van der Waals surface area contributed by atoms with Crippen molar-refractivity contribution in [2.45, 2.75) is 12.1 Å². The number of hydrogen-bond donors (Lipinski definition) is 0. The maximum atomic E-state index is 12.6. The highest BCUT2D eigenvalue weighted by atomic mass is 79.9. The molecule has 0 amide bonds. The first-order chi connectivity index (χ1) is 6.98. The fraction of sp³-hybridized carbons (Fsp3) is 0.444. The Kier molecular flexibility index (Phi) is 2.72. The Morgan fingerprint density at radius 1 is 1.33 bits per heavy atom. The minimum atomic E-state index is -4.41. The molecule has 2 rings (SSSR count). The molecular formula is C9H7BrF3NO. The highest BCUT2D eigenvalue weighted by molar-refractivity contribution is 9.10. The molecule has 82 valence electrons. The van der Waals surface area contributed by atoms with Crippen LogP contribution < -0.4 is 0 Å². The zero-order chi connectivity index (χ0) is 11.1. The number of pyridine rings is 1. The zero-order valence-electron chi connectivity index (χ0n) is 7.51. The Bertz CT molecular complexity index is 376. The average Bonchev–Trinajstić information content (AvgIpc) is 2.03. The Labute approximate surface area is 92.6 Å². The number of ether oxygens (including phenoxy) is 1. The lowest BCUT2D eigenvalue weighted by atomic mass is 9.96. The van der Waals surface area contributed by atoms with Crippen molar-refractivity contribution in [3.63, 3.8) is 0 Å². The minimum absolute atomic E-state index is 0.178. The van der Waals surface area contributed by atoms with Crippen molar-refractivity contribution in [2.75, 3.05) is 13.2 Å². The number of halogens is 4. The maximum absolute atomic E-state index is 12.6. The van der Waals surface area contributed by atoms with E-state index in [0.29, 0.717) is 13.2 Å². The third-order valence-electron chi connectivity index (χ3n) is 2.24. The molecule has 6 heteroatoms. The topological polar surface area (TPSA) is 22.1 Å². The van der Waals surface area contributed by atoms with Gasteiger partial charge in [-0.1, -0.05) is 6.07 Å². The van der Waals surface area contributed by atoms with Crippen LogP contribution >= 0.6 is 15.9 Å². The van der Waals surface area contributed by atoms with E-state index in [0.717, 1.165) is 0 Å². The van der Waals surface area contributed by atoms with Gasteiger partial charge < -0.3 is 4.74 Å². The summed E-state index contributed by atoms with van der Waals surface area (Å²) >= 11 is 2.94. The molecule has 1 aromatic heterocycles. The summed E-state index contributed by atoms with van der Waals surface area (Å²) in [5.41, 5.74) is -0.595. The Balaban J connectivity index is 2.44. The van der Waals surface area contributed by atoms with Crippen LogP contribution in [-0.2, 0) is 10.9 Å². The molecule has 0 aliphatic carbocycles. The van der Waals surface area contributed by atoms with Crippen LogP contribution in [0.3, 0.4) is 0 Å². The van der Waals surface area contributed by atoms with Gasteiger partial charge in [0.1, 0.15) is 10.3 Å². The monoisotopic (exact) mass is 281 g/mol. The van der Waals surface area contributed by atoms with E-state index in [2.05, 4.69) is 20.9 Å². The third kappa shape index (κ3) is 2.15.